The first kappa shape index (κ1) is 33.6. The molecule has 2 bridgehead atoms. The number of aromatic nitrogens is 2. The highest BCUT2D eigenvalue weighted by molar-refractivity contribution is 8.00. The van der Waals surface area contributed by atoms with E-state index in [4.69, 9.17) is 18.9 Å². The van der Waals surface area contributed by atoms with E-state index in [9.17, 15) is 14.7 Å². The molecule has 11 heteroatoms. The molecule has 2 aliphatic heterocycles. The van der Waals surface area contributed by atoms with E-state index in [1.165, 1.54) is 4.57 Å². The fourth-order valence-corrected chi connectivity index (χ4v) is 8.38. The molecule has 4 unspecified atom stereocenters. The van der Waals surface area contributed by atoms with Gasteiger partial charge in [-0.15, -0.1) is 11.8 Å². The maximum absolute atomic E-state index is 13.4. The number of rotatable bonds is 11. The average Bonchev–Trinajstić information content (AvgIpc) is 3.62. The molecular formula is C39H37N3O7S. The summed E-state index contributed by atoms with van der Waals surface area (Å²) in [6, 6.07) is 34.8. The number of ether oxygens (including phenoxy) is 4. The number of carbonyl (C=O) groups is 1. The summed E-state index contributed by atoms with van der Waals surface area (Å²) >= 11 is 1.62. The minimum atomic E-state index is -1.13. The molecule has 4 atom stereocenters. The van der Waals surface area contributed by atoms with E-state index in [1.807, 2.05) is 48.5 Å². The number of fused-ring (bicyclic) bond motifs is 2. The van der Waals surface area contributed by atoms with Gasteiger partial charge in [-0.05, 0) is 60.0 Å². The van der Waals surface area contributed by atoms with Gasteiger partial charge in [0.05, 0.1) is 25.6 Å². The maximum Gasteiger partial charge on any atom is 0.351 e. The largest absolute Gasteiger partial charge is 0.497 e. The summed E-state index contributed by atoms with van der Waals surface area (Å²) in [7, 11) is 3.28. The summed E-state index contributed by atoms with van der Waals surface area (Å²) in [6.45, 7) is 1.89. The Bertz CT molecular complexity index is 1980. The van der Waals surface area contributed by atoms with Crippen LogP contribution in [0.5, 0.6) is 11.5 Å². The molecule has 0 saturated carbocycles. The zero-order valence-corrected chi connectivity index (χ0v) is 28.6. The molecule has 1 amide bonds. The molecule has 2 N–H and O–H groups in total. The van der Waals surface area contributed by atoms with Gasteiger partial charge in [-0.25, -0.2) is 4.79 Å². The van der Waals surface area contributed by atoms with Crippen LogP contribution in [0.4, 0.5) is 5.82 Å². The third kappa shape index (κ3) is 5.96. The summed E-state index contributed by atoms with van der Waals surface area (Å²) in [5.74, 6) is 1.57. The van der Waals surface area contributed by atoms with Gasteiger partial charge in [-0.2, -0.15) is 4.98 Å². The van der Waals surface area contributed by atoms with E-state index in [1.54, 1.807) is 63.4 Å². The van der Waals surface area contributed by atoms with E-state index < -0.39 is 34.5 Å². The summed E-state index contributed by atoms with van der Waals surface area (Å²) in [6.07, 6.45) is -1.16. The van der Waals surface area contributed by atoms with Crippen molar-refractivity contribution in [3.63, 3.8) is 0 Å². The summed E-state index contributed by atoms with van der Waals surface area (Å²) in [5.41, 5.74) is 2.26. The van der Waals surface area contributed by atoms with Crippen molar-refractivity contribution in [1.82, 2.24) is 9.55 Å². The lowest BCUT2D eigenvalue weighted by Crippen LogP contribution is -2.45. The van der Waals surface area contributed by atoms with Crippen molar-refractivity contribution in [2.24, 2.45) is 0 Å². The fraction of sp³-hybridized carbons (Fsp3) is 0.256. The van der Waals surface area contributed by atoms with Crippen LogP contribution in [0.15, 0.2) is 120 Å². The molecule has 10 nitrogen and oxygen atoms in total. The zero-order valence-electron chi connectivity index (χ0n) is 27.8. The van der Waals surface area contributed by atoms with E-state index in [2.05, 4.69) is 46.7 Å². The highest BCUT2D eigenvalue weighted by Gasteiger charge is 2.62. The molecule has 5 aromatic rings. The van der Waals surface area contributed by atoms with Crippen LogP contribution >= 0.6 is 11.8 Å². The van der Waals surface area contributed by atoms with Crippen LogP contribution in [0.1, 0.15) is 38.8 Å². The van der Waals surface area contributed by atoms with Crippen molar-refractivity contribution in [3.8, 4) is 11.5 Å². The van der Waals surface area contributed by atoms with E-state index in [-0.39, 0.29) is 18.3 Å². The highest BCUT2D eigenvalue weighted by atomic mass is 32.2. The Morgan fingerprint density at radius 2 is 1.48 bits per heavy atom. The third-order valence-corrected chi connectivity index (χ3v) is 11.2. The molecule has 0 spiro atoms. The molecule has 1 aromatic heterocycles. The van der Waals surface area contributed by atoms with Crippen LogP contribution in [0.25, 0.3) is 0 Å². The minimum Gasteiger partial charge on any atom is -0.497 e. The van der Waals surface area contributed by atoms with Crippen LogP contribution in [-0.2, 0) is 14.2 Å². The van der Waals surface area contributed by atoms with Gasteiger partial charge in [-0.3, -0.25) is 9.36 Å². The second kappa shape index (κ2) is 13.8. The van der Waals surface area contributed by atoms with E-state index >= 15 is 0 Å². The average molecular weight is 692 g/mol. The van der Waals surface area contributed by atoms with Gasteiger partial charge < -0.3 is 29.4 Å². The first-order valence-corrected chi connectivity index (χ1v) is 17.2. The second-order valence-electron chi connectivity index (χ2n) is 12.4. The lowest BCUT2D eigenvalue weighted by molar-refractivity contribution is -0.165. The van der Waals surface area contributed by atoms with Gasteiger partial charge >= 0.3 is 5.69 Å². The molecular weight excluding hydrogens is 655 g/mol. The van der Waals surface area contributed by atoms with Gasteiger partial charge in [0.1, 0.15) is 35.1 Å². The normalized spacial score (nSPS) is 21.2. The van der Waals surface area contributed by atoms with E-state index in [0.29, 0.717) is 16.9 Å². The first-order chi connectivity index (χ1) is 24.3. The topological polar surface area (TPSA) is 121 Å². The lowest BCUT2D eigenvalue weighted by Gasteiger charge is -2.39. The molecule has 0 aliphatic carbocycles. The maximum atomic E-state index is 13.4. The second-order valence-corrected chi connectivity index (χ2v) is 13.6. The molecule has 0 radical (unpaired) electrons. The Hall–Kier alpha value is -4.94. The molecule has 2 saturated heterocycles. The van der Waals surface area contributed by atoms with Crippen molar-refractivity contribution >= 4 is 23.5 Å². The summed E-state index contributed by atoms with van der Waals surface area (Å²) in [5, 5.41) is 14.5. The molecule has 50 heavy (non-hydrogen) atoms. The lowest BCUT2D eigenvalue weighted by atomic mass is 9.84. The number of methoxy groups -OCH3 is 2. The number of anilines is 1. The predicted molar refractivity (Wildman–Crippen MR) is 191 cm³/mol. The van der Waals surface area contributed by atoms with Crippen molar-refractivity contribution in [1.29, 1.82) is 0 Å². The molecule has 7 rings (SSSR count). The van der Waals surface area contributed by atoms with Gasteiger partial charge in [0, 0.05) is 23.1 Å². The van der Waals surface area contributed by atoms with Crippen LogP contribution in [0, 0.1) is 6.92 Å². The third-order valence-electron chi connectivity index (χ3n) is 9.39. The number of aryl methyl sites for hydroxylation is 1. The molecule has 3 heterocycles. The zero-order chi connectivity index (χ0) is 34.9. The Morgan fingerprint density at radius 1 is 0.920 bits per heavy atom. The van der Waals surface area contributed by atoms with Crippen LogP contribution < -0.4 is 20.5 Å². The van der Waals surface area contributed by atoms with Crippen molar-refractivity contribution in [3.05, 3.63) is 154 Å². The smallest absolute Gasteiger partial charge is 0.351 e. The van der Waals surface area contributed by atoms with Crippen molar-refractivity contribution in [2.75, 3.05) is 31.9 Å². The number of amides is 1. The van der Waals surface area contributed by atoms with Crippen LogP contribution in [0.2, 0.25) is 0 Å². The predicted octanol–water partition coefficient (Wildman–Crippen LogP) is 5.57. The Kier molecular flexibility index (Phi) is 9.23. The summed E-state index contributed by atoms with van der Waals surface area (Å²) < 4.78 is 24.4. The quantitative estimate of drug-likeness (QED) is 0.171. The Labute approximate surface area is 294 Å². The van der Waals surface area contributed by atoms with E-state index in [0.717, 1.165) is 28.2 Å². The number of nitrogens with zero attached hydrogens (tertiary/aromatic N) is 2. The monoisotopic (exact) mass is 691 g/mol. The molecule has 4 aromatic carbocycles. The molecule has 2 aliphatic rings. The number of benzene rings is 4. The van der Waals surface area contributed by atoms with Crippen molar-refractivity contribution < 1.29 is 28.8 Å². The van der Waals surface area contributed by atoms with Crippen molar-refractivity contribution in [2.45, 2.75) is 35.7 Å². The van der Waals surface area contributed by atoms with Crippen LogP contribution in [-0.4, -0.2) is 65.0 Å². The Balaban J connectivity index is 1.22. The number of hydrogen-bond acceptors (Lipinski definition) is 9. The van der Waals surface area contributed by atoms with Gasteiger partial charge in [-0.1, -0.05) is 72.8 Å². The number of aliphatic hydroxyl groups is 1. The number of hydrogen-bond donors (Lipinski definition) is 2. The van der Waals surface area contributed by atoms with Gasteiger partial charge in [0.15, 0.2) is 6.23 Å². The number of carbonyl (C=O) groups excluding carboxylic acids is 1. The first-order valence-electron chi connectivity index (χ1n) is 16.2. The molecule has 2 fully saturated rings. The highest BCUT2D eigenvalue weighted by Crippen LogP contribution is 2.54. The number of aliphatic hydroxyl groups excluding tert-OH is 1. The standard InChI is InChI=1S/C39H37N3O7S/c1-25-22-42(37(45)41-34(25)40-35(44)26-10-6-4-7-11-26)36-32-33(43)38(49-36,23-48-32)24-50-39(27-12-8-5-9-13-27,28-14-18-30(46-2)19-15-28)29-16-20-31(47-3)21-17-29/h4-22,32-33,36,43H,23-24H2,1-3H3,(H,40,41,44,45). The van der Waals surface area contributed by atoms with Gasteiger partial charge in [0.25, 0.3) is 5.91 Å². The number of thioether (sulfide) groups is 1. The minimum absolute atomic E-state index is 0.144. The molecule has 256 valence electrons. The Morgan fingerprint density at radius 3 is 2.06 bits per heavy atom. The SMILES string of the molecule is COc1ccc(C(SCC23COC(C(n4cc(C)c(NC(=O)c5ccccc5)nc4=O)O2)C3O)(c2ccccc2)c2ccc(OC)cc2)cc1. The summed E-state index contributed by atoms with van der Waals surface area (Å²) in [4.78, 5) is 30.4. The number of nitrogens with one attached hydrogen (secondary N) is 1. The fourth-order valence-electron chi connectivity index (χ4n) is 6.69. The van der Waals surface area contributed by atoms with Gasteiger partial charge in [0.2, 0.25) is 0 Å². The van der Waals surface area contributed by atoms with Crippen LogP contribution in [0.3, 0.4) is 0 Å².